The monoisotopic (exact) mass is 407 g/mol. The third kappa shape index (κ3) is 4.07. The first-order chi connectivity index (χ1) is 14.8. The van der Waals surface area contributed by atoms with Crippen LogP contribution in [0, 0.1) is 0 Å². The van der Waals surface area contributed by atoms with Gasteiger partial charge >= 0.3 is 6.09 Å². The Hall–Kier alpha value is -2.80. The number of pyridine rings is 1. The number of anilines is 3. The minimum Gasteiger partial charge on any atom is -0.354 e. The number of carbonyl (C=O) groups excluding carboxylic acids is 1. The van der Waals surface area contributed by atoms with Crippen molar-refractivity contribution >= 4 is 23.3 Å². The van der Waals surface area contributed by atoms with Crippen molar-refractivity contribution in [1.82, 2.24) is 9.88 Å². The summed E-state index contributed by atoms with van der Waals surface area (Å²) in [6.07, 6.45) is 7.60. The molecule has 30 heavy (non-hydrogen) atoms. The Balaban J connectivity index is 1.17. The molecule has 1 aromatic heterocycles. The third-order valence-electron chi connectivity index (χ3n) is 6.51. The first-order valence-corrected chi connectivity index (χ1v) is 11.1. The van der Waals surface area contributed by atoms with E-state index >= 15 is 0 Å². The molecule has 1 saturated carbocycles. The van der Waals surface area contributed by atoms with Crippen LogP contribution in [0.5, 0.6) is 0 Å². The molecule has 2 fully saturated rings. The summed E-state index contributed by atoms with van der Waals surface area (Å²) in [5.41, 5.74) is 2.87. The summed E-state index contributed by atoms with van der Waals surface area (Å²) >= 11 is 0. The number of nitrogens with one attached hydrogen (secondary N) is 1. The molecule has 158 valence electrons. The number of benzene rings is 1. The average molecular weight is 408 g/mol. The lowest BCUT2D eigenvalue weighted by molar-refractivity contribution is 0.150. The highest BCUT2D eigenvalue weighted by Crippen LogP contribution is 2.28. The zero-order valence-electron chi connectivity index (χ0n) is 17.3. The normalized spacial score (nSPS) is 19.7. The zero-order valence-corrected chi connectivity index (χ0v) is 17.3. The lowest BCUT2D eigenvalue weighted by atomic mass is 10.2. The van der Waals surface area contributed by atoms with E-state index < -0.39 is 6.09 Å². The van der Waals surface area contributed by atoms with Crippen molar-refractivity contribution in [3.63, 3.8) is 0 Å². The lowest BCUT2D eigenvalue weighted by Gasteiger charge is -2.38. The molecule has 7 heteroatoms. The maximum absolute atomic E-state index is 12.4. The molecule has 3 heterocycles. The third-order valence-corrected chi connectivity index (χ3v) is 6.51. The Morgan fingerprint density at radius 2 is 1.83 bits per heavy atom. The zero-order chi connectivity index (χ0) is 20.3. The van der Waals surface area contributed by atoms with Crippen LogP contribution < -0.4 is 15.3 Å². The van der Waals surface area contributed by atoms with Gasteiger partial charge in [0.1, 0.15) is 5.82 Å². The summed E-state index contributed by atoms with van der Waals surface area (Å²) in [6.45, 7) is 4.80. The molecule has 1 aliphatic carbocycles. The molecule has 1 N–H and O–H groups in total. The van der Waals surface area contributed by atoms with Crippen molar-refractivity contribution < 1.29 is 9.63 Å². The van der Waals surface area contributed by atoms with Gasteiger partial charge < -0.3 is 9.74 Å². The molecule has 0 bridgehead atoms. The SMILES string of the molecule is O=C(Nc1ccnc(N2CCN(C3CCCC3)CC2)c1)ON1CCc2ccccc21. The van der Waals surface area contributed by atoms with Gasteiger partial charge in [0.2, 0.25) is 0 Å². The molecular formula is C23H29N5O2. The van der Waals surface area contributed by atoms with Crippen molar-refractivity contribution in [3.05, 3.63) is 48.2 Å². The first kappa shape index (κ1) is 19.2. The largest absolute Gasteiger partial charge is 0.436 e. The summed E-state index contributed by atoms with van der Waals surface area (Å²) < 4.78 is 0. The van der Waals surface area contributed by atoms with Gasteiger partial charge in [0.05, 0.1) is 12.2 Å². The van der Waals surface area contributed by atoms with Crippen molar-refractivity contribution in [1.29, 1.82) is 0 Å². The standard InChI is InChI=1S/C23H29N5O2/c29-23(30-28-12-10-18-5-1-4-8-21(18)28)25-19-9-11-24-22(17-19)27-15-13-26(14-16-27)20-6-2-3-7-20/h1,4-5,8-9,11,17,20H,2-3,6-7,10,12-16H2,(H,24,25,29). The van der Waals surface area contributed by atoms with E-state index in [-0.39, 0.29) is 0 Å². The van der Waals surface area contributed by atoms with Gasteiger partial charge in [0, 0.05) is 50.2 Å². The highest BCUT2D eigenvalue weighted by Gasteiger charge is 2.27. The molecule has 3 aliphatic rings. The number of fused-ring (bicyclic) bond motifs is 1. The van der Waals surface area contributed by atoms with Gasteiger partial charge in [-0.3, -0.25) is 10.2 Å². The van der Waals surface area contributed by atoms with Crippen LogP contribution in [-0.2, 0) is 11.3 Å². The lowest BCUT2D eigenvalue weighted by Crippen LogP contribution is -2.50. The highest BCUT2D eigenvalue weighted by molar-refractivity contribution is 5.86. The number of nitrogens with zero attached hydrogens (tertiary/aromatic N) is 4. The highest BCUT2D eigenvalue weighted by atomic mass is 16.7. The van der Waals surface area contributed by atoms with Crippen LogP contribution in [0.1, 0.15) is 31.2 Å². The van der Waals surface area contributed by atoms with E-state index in [2.05, 4.69) is 26.2 Å². The van der Waals surface area contributed by atoms with Crippen LogP contribution in [0.25, 0.3) is 0 Å². The molecular weight excluding hydrogens is 378 g/mol. The molecule has 0 unspecified atom stereocenters. The molecule has 5 rings (SSSR count). The fraction of sp³-hybridized carbons (Fsp3) is 0.478. The molecule has 0 spiro atoms. The Labute approximate surface area is 177 Å². The molecule has 1 aromatic carbocycles. The van der Waals surface area contributed by atoms with E-state index in [0.717, 1.165) is 50.1 Å². The van der Waals surface area contributed by atoms with Crippen molar-refractivity contribution in [3.8, 4) is 0 Å². The summed E-state index contributed by atoms with van der Waals surface area (Å²) in [7, 11) is 0. The molecule has 0 radical (unpaired) electrons. The first-order valence-electron chi connectivity index (χ1n) is 11.1. The van der Waals surface area contributed by atoms with E-state index in [4.69, 9.17) is 4.84 Å². The molecule has 7 nitrogen and oxygen atoms in total. The average Bonchev–Trinajstić information content (AvgIpc) is 3.45. The minimum absolute atomic E-state index is 0.477. The van der Waals surface area contributed by atoms with E-state index in [0.29, 0.717) is 12.2 Å². The Morgan fingerprint density at radius 1 is 1.03 bits per heavy atom. The smallest absolute Gasteiger partial charge is 0.354 e. The number of amides is 1. The summed E-state index contributed by atoms with van der Waals surface area (Å²) in [5.74, 6) is 0.908. The molecule has 2 aromatic rings. The number of hydroxylamine groups is 1. The fourth-order valence-electron chi connectivity index (χ4n) is 4.90. The maximum atomic E-state index is 12.4. The Morgan fingerprint density at radius 3 is 2.67 bits per heavy atom. The van der Waals surface area contributed by atoms with E-state index in [1.807, 2.05) is 24.3 Å². The fourth-order valence-corrected chi connectivity index (χ4v) is 4.90. The number of carbonyl (C=O) groups is 1. The van der Waals surface area contributed by atoms with Crippen molar-refractivity contribution in [2.24, 2.45) is 0 Å². The van der Waals surface area contributed by atoms with Crippen molar-refractivity contribution in [2.75, 3.05) is 48.0 Å². The van der Waals surface area contributed by atoms with Crippen LogP contribution in [0.3, 0.4) is 0 Å². The van der Waals surface area contributed by atoms with Gasteiger partial charge in [-0.1, -0.05) is 31.0 Å². The summed E-state index contributed by atoms with van der Waals surface area (Å²) in [5, 5.41) is 4.51. The Bertz CT molecular complexity index is 891. The summed E-state index contributed by atoms with van der Waals surface area (Å²) in [4.78, 5) is 27.5. The molecule has 1 amide bonds. The Kier molecular flexibility index (Phi) is 5.45. The van der Waals surface area contributed by atoms with Crippen LogP contribution >= 0.6 is 0 Å². The minimum atomic E-state index is -0.477. The van der Waals surface area contributed by atoms with E-state index in [1.54, 1.807) is 17.3 Å². The number of hydrogen-bond donors (Lipinski definition) is 1. The molecule has 0 atom stereocenters. The van der Waals surface area contributed by atoms with Crippen LogP contribution in [-0.4, -0.2) is 54.7 Å². The van der Waals surface area contributed by atoms with E-state index in [1.165, 1.54) is 31.2 Å². The quantitative estimate of drug-likeness (QED) is 0.834. The number of rotatable bonds is 4. The second kappa shape index (κ2) is 8.52. The van der Waals surface area contributed by atoms with Gasteiger partial charge in [0.15, 0.2) is 0 Å². The van der Waals surface area contributed by atoms with Gasteiger partial charge in [-0.15, -0.1) is 0 Å². The predicted octanol–water partition coefficient (Wildman–Crippen LogP) is 3.67. The van der Waals surface area contributed by atoms with Crippen LogP contribution in [0.4, 0.5) is 22.0 Å². The van der Waals surface area contributed by atoms with Crippen molar-refractivity contribution in [2.45, 2.75) is 38.1 Å². The number of hydrogen-bond acceptors (Lipinski definition) is 6. The van der Waals surface area contributed by atoms with Crippen LogP contribution in [0.2, 0.25) is 0 Å². The van der Waals surface area contributed by atoms with Gasteiger partial charge in [-0.2, -0.15) is 0 Å². The second-order valence-corrected chi connectivity index (χ2v) is 8.35. The summed E-state index contributed by atoms with van der Waals surface area (Å²) in [6, 6.07) is 12.5. The van der Waals surface area contributed by atoms with Crippen LogP contribution in [0.15, 0.2) is 42.6 Å². The number of aromatic nitrogens is 1. The van der Waals surface area contributed by atoms with Gasteiger partial charge in [-0.25, -0.2) is 14.8 Å². The number of para-hydroxylation sites is 1. The van der Waals surface area contributed by atoms with Gasteiger partial charge in [-0.05, 0) is 37.0 Å². The predicted molar refractivity (Wildman–Crippen MR) is 118 cm³/mol. The molecule has 1 saturated heterocycles. The topological polar surface area (TPSA) is 60.9 Å². The second-order valence-electron chi connectivity index (χ2n) is 8.35. The molecule has 2 aliphatic heterocycles. The number of piperazine rings is 1. The van der Waals surface area contributed by atoms with Gasteiger partial charge in [0.25, 0.3) is 0 Å². The van der Waals surface area contributed by atoms with E-state index in [9.17, 15) is 4.79 Å². The maximum Gasteiger partial charge on any atom is 0.436 e.